The molecule has 0 amide bonds. The second kappa shape index (κ2) is 19.4. The maximum atomic E-state index is 2.39. The third kappa shape index (κ3) is 14.4. The molecule has 0 saturated heterocycles. The summed E-state index contributed by atoms with van der Waals surface area (Å²) in [7, 11) is 0. The van der Waals surface area contributed by atoms with E-state index in [1.807, 2.05) is 0 Å². The molecular formula is C22H51BN+. The third-order valence-electron chi connectivity index (χ3n) is 5.81. The van der Waals surface area contributed by atoms with Crippen molar-refractivity contribution in [1.82, 2.24) is 0 Å². The fraction of sp³-hybridized carbons (Fsp3) is 1.00. The first-order valence-electron chi connectivity index (χ1n) is 11.1. The van der Waals surface area contributed by atoms with Crippen molar-refractivity contribution < 1.29 is 4.48 Å². The fourth-order valence-electron chi connectivity index (χ4n) is 3.75. The van der Waals surface area contributed by atoms with Crippen LogP contribution in [0.5, 0.6) is 0 Å². The standard InChI is InChI=1S/C22H48N.BH3/c1-5-9-11-12-13-14-15-16-17-18-19-20-22-23(7-3,8-4)21-10-6-2;/h5-22H2,1-4H3;1H3/q+1;. The van der Waals surface area contributed by atoms with E-state index in [2.05, 4.69) is 27.7 Å². The van der Waals surface area contributed by atoms with Crippen LogP contribution in [0.2, 0.25) is 0 Å². The highest BCUT2D eigenvalue weighted by atomic mass is 15.3. The van der Waals surface area contributed by atoms with Crippen molar-refractivity contribution in [3.8, 4) is 0 Å². The average Bonchev–Trinajstić information content (AvgIpc) is 2.59. The van der Waals surface area contributed by atoms with Crippen LogP contribution in [0.15, 0.2) is 0 Å². The van der Waals surface area contributed by atoms with Crippen LogP contribution in [0.3, 0.4) is 0 Å². The van der Waals surface area contributed by atoms with Gasteiger partial charge in [0.25, 0.3) is 0 Å². The molecule has 0 fully saturated rings. The van der Waals surface area contributed by atoms with Gasteiger partial charge in [-0.3, -0.25) is 0 Å². The first-order chi connectivity index (χ1) is 11.2. The lowest BCUT2D eigenvalue weighted by atomic mass is 10.0. The smallest absolute Gasteiger partial charge is 0.0814 e. The molecule has 0 heterocycles. The van der Waals surface area contributed by atoms with Gasteiger partial charge in [0, 0.05) is 0 Å². The van der Waals surface area contributed by atoms with E-state index in [4.69, 9.17) is 0 Å². The SMILES string of the molecule is B.CCCCCCCCCCCCCC[N+](CC)(CC)CCCC. The van der Waals surface area contributed by atoms with E-state index < -0.39 is 0 Å². The van der Waals surface area contributed by atoms with Gasteiger partial charge in [-0.1, -0.05) is 84.5 Å². The normalized spacial score (nSPS) is 11.5. The molecule has 0 aromatic heterocycles. The van der Waals surface area contributed by atoms with Crippen LogP contribution < -0.4 is 0 Å². The predicted molar refractivity (Wildman–Crippen MR) is 117 cm³/mol. The number of hydrogen-bond donors (Lipinski definition) is 0. The number of quaternary nitrogens is 1. The van der Waals surface area contributed by atoms with E-state index in [1.165, 1.54) is 121 Å². The van der Waals surface area contributed by atoms with Crippen LogP contribution in [0.1, 0.15) is 118 Å². The summed E-state index contributed by atoms with van der Waals surface area (Å²) in [4.78, 5) is 0. The van der Waals surface area contributed by atoms with Crippen molar-refractivity contribution in [2.24, 2.45) is 0 Å². The fourth-order valence-corrected chi connectivity index (χ4v) is 3.75. The second-order valence-electron chi connectivity index (χ2n) is 7.66. The highest BCUT2D eigenvalue weighted by Gasteiger charge is 2.21. The zero-order valence-electron chi connectivity index (χ0n) is 17.2. The molecule has 2 heteroatoms. The third-order valence-corrected chi connectivity index (χ3v) is 5.81. The van der Waals surface area contributed by atoms with Crippen LogP contribution in [-0.4, -0.2) is 39.1 Å². The summed E-state index contributed by atoms with van der Waals surface area (Å²) < 4.78 is 1.37. The van der Waals surface area contributed by atoms with Crippen LogP contribution >= 0.6 is 0 Å². The molecule has 1 nitrogen and oxygen atoms in total. The topological polar surface area (TPSA) is 0 Å². The van der Waals surface area contributed by atoms with Gasteiger partial charge in [-0.05, 0) is 33.1 Å². The van der Waals surface area contributed by atoms with Gasteiger partial charge >= 0.3 is 0 Å². The van der Waals surface area contributed by atoms with Gasteiger partial charge < -0.3 is 4.48 Å². The molecule has 0 aliphatic carbocycles. The van der Waals surface area contributed by atoms with E-state index >= 15 is 0 Å². The van der Waals surface area contributed by atoms with Crippen LogP contribution in [0.4, 0.5) is 0 Å². The molecule has 0 unspecified atom stereocenters. The van der Waals surface area contributed by atoms with Crippen LogP contribution in [-0.2, 0) is 0 Å². The maximum absolute atomic E-state index is 2.39. The predicted octanol–water partition coefficient (Wildman–Crippen LogP) is 6.16. The van der Waals surface area contributed by atoms with Gasteiger partial charge in [0.15, 0.2) is 0 Å². The molecule has 146 valence electrons. The van der Waals surface area contributed by atoms with E-state index in [9.17, 15) is 0 Å². The van der Waals surface area contributed by atoms with Gasteiger partial charge in [0.1, 0.15) is 0 Å². The minimum atomic E-state index is 0. The zero-order valence-corrected chi connectivity index (χ0v) is 17.2. The lowest BCUT2D eigenvalue weighted by Crippen LogP contribution is -2.49. The summed E-state index contributed by atoms with van der Waals surface area (Å²) in [6, 6.07) is 0. The summed E-state index contributed by atoms with van der Waals surface area (Å²) in [6.07, 6.45) is 20.3. The lowest BCUT2D eigenvalue weighted by Gasteiger charge is -2.37. The first kappa shape index (κ1) is 26.3. The minimum Gasteiger partial charge on any atom is -0.324 e. The second-order valence-corrected chi connectivity index (χ2v) is 7.66. The van der Waals surface area contributed by atoms with Crippen molar-refractivity contribution in [1.29, 1.82) is 0 Å². The minimum absolute atomic E-state index is 0. The molecule has 0 N–H and O–H groups in total. The van der Waals surface area contributed by atoms with Crippen molar-refractivity contribution in [3.05, 3.63) is 0 Å². The monoisotopic (exact) mass is 340 g/mol. The summed E-state index contributed by atoms with van der Waals surface area (Å²) in [5, 5.41) is 0. The molecule has 0 aliphatic rings. The number of rotatable bonds is 18. The van der Waals surface area contributed by atoms with Gasteiger partial charge in [-0.15, -0.1) is 0 Å². The highest BCUT2D eigenvalue weighted by molar-refractivity contribution is 5.75. The first-order valence-corrected chi connectivity index (χ1v) is 11.1. The van der Waals surface area contributed by atoms with Gasteiger partial charge in [0.05, 0.1) is 34.6 Å². The summed E-state index contributed by atoms with van der Waals surface area (Å²) in [5.74, 6) is 0. The Labute approximate surface area is 157 Å². The Morgan fingerprint density at radius 1 is 0.417 bits per heavy atom. The van der Waals surface area contributed by atoms with E-state index in [0.717, 1.165) is 0 Å². The molecule has 0 aromatic rings. The molecule has 0 atom stereocenters. The average molecular weight is 340 g/mol. The van der Waals surface area contributed by atoms with Crippen molar-refractivity contribution in [2.75, 3.05) is 26.2 Å². The summed E-state index contributed by atoms with van der Waals surface area (Å²) >= 11 is 0. The van der Waals surface area contributed by atoms with Crippen LogP contribution in [0.25, 0.3) is 0 Å². The Morgan fingerprint density at radius 2 is 0.750 bits per heavy atom. The molecule has 0 bridgehead atoms. The van der Waals surface area contributed by atoms with E-state index in [0.29, 0.717) is 0 Å². The molecule has 24 heavy (non-hydrogen) atoms. The highest BCUT2D eigenvalue weighted by Crippen LogP contribution is 2.15. The molecule has 0 saturated carbocycles. The quantitative estimate of drug-likeness (QED) is 0.159. The Bertz CT molecular complexity index is 226. The van der Waals surface area contributed by atoms with Gasteiger partial charge in [0.2, 0.25) is 0 Å². The maximum Gasteiger partial charge on any atom is 0.0814 e. The zero-order chi connectivity index (χ0) is 17.2. The number of hydrogen-bond acceptors (Lipinski definition) is 0. The Kier molecular flexibility index (Phi) is 21.2. The van der Waals surface area contributed by atoms with E-state index in [1.54, 1.807) is 0 Å². The molecular weight excluding hydrogens is 289 g/mol. The van der Waals surface area contributed by atoms with Gasteiger partial charge in [-0.25, -0.2) is 0 Å². The van der Waals surface area contributed by atoms with E-state index in [-0.39, 0.29) is 8.41 Å². The summed E-state index contributed by atoms with van der Waals surface area (Å²) in [6.45, 7) is 14.9. The molecule has 0 radical (unpaired) electrons. The number of unbranched alkanes of at least 4 members (excludes halogenated alkanes) is 12. The van der Waals surface area contributed by atoms with Crippen LogP contribution in [0, 0.1) is 0 Å². The molecule has 0 aromatic carbocycles. The Hall–Kier alpha value is 0.0249. The largest absolute Gasteiger partial charge is 0.324 e. The molecule has 0 aliphatic heterocycles. The number of nitrogens with zero attached hydrogens (tertiary/aromatic N) is 1. The Balaban J connectivity index is 0. The molecule has 0 rings (SSSR count). The van der Waals surface area contributed by atoms with Crippen molar-refractivity contribution in [2.45, 2.75) is 118 Å². The van der Waals surface area contributed by atoms with Crippen molar-refractivity contribution >= 4 is 8.41 Å². The lowest BCUT2D eigenvalue weighted by molar-refractivity contribution is -0.925. The summed E-state index contributed by atoms with van der Waals surface area (Å²) in [5.41, 5.74) is 0. The van der Waals surface area contributed by atoms with Gasteiger partial charge in [-0.2, -0.15) is 0 Å². The van der Waals surface area contributed by atoms with Crippen molar-refractivity contribution in [3.63, 3.8) is 0 Å². The Morgan fingerprint density at radius 3 is 1.12 bits per heavy atom. The molecule has 0 spiro atoms.